The molecule has 0 aromatic heterocycles. The number of carboxylic acids is 2. The van der Waals surface area contributed by atoms with Crippen LogP contribution in [0.5, 0.6) is 0 Å². The van der Waals surface area contributed by atoms with Gasteiger partial charge < -0.3 is 20.2 Å². The molecule has 0 spiro atoms. The van der Waals surface area contributed by atoms with Gasteiger partial charge in [-0.15, -0.1) is 0 Å². The number of aliphatic hydroxyl groups is 1. The van der Waals surface area contributed by atoms with Crippen LogP contribution in [0.3, 0.4) is 0 Å². The van der Waals surface area contributed by atoms with Crippen LogP contribution in [0.4, 0.5) is 0 Å². The monoisotopic (exact) mass is 275 g/mol. The van der Waals surface area contributed by atoms with E-state index in [0.717, 1.165) is 0 Å². The second kappa shape index (κ2) is 7.73. The third-order valence-electron chi connectivity index (χ3n) is 2.63. The third kappa shape index (κ3) is 5.69. The second-order valence-corrected chi connectivity index (χ2v) is 4.46. The van der Waals surface area contributed by atoms with Gasteiger partial charge in [0.05, 0.1) is 12.8 Å². The predicted octanol–water partition coefficient (Wildman–Crippen LogP) is 0.315. The summed E-state index contributed by atoms with van der Waals surface area (Å²) in [7, 11) is 0. The van der Waals surface area contributed by atoms with E-state index >= 15 is 0 Å². The Kier molecular flexibility index (Phi) is 7.06. The van der Waals surface area contributed by atoms with Crippen LogP contribution in [0.15, 0.2) is 0 Å². The molecule has 0 radical (unpaired) electrons. The van der Waals surface area contributed by atoms with Gasteiger partial charge in [0.1, 0.15) is 0 Å². The van der Waals surface area contributed by atoms with Crippen molar-refractivity contribution in [2.24, 2.45) is 0 Å². The van der Waals surface area contributed by atoms with Gasteiger partial charge in [0.25, 0.3) is 0 Å². The Morgan fingerprint density at radius 3 is 1.79 bits per heavy atom. The molecule has 1 unspecified atom stereocenters. The van der Waals surface area contributed by atoms with E-state index in [4.69, 9.17) is 10.2 Å². The number of aliphatic carboxylic acids is 2. The minimum atomic E-state index is -2.55. The Morgan fingerprint density at radius 1 is 1.00 bits per heavy atom. The molecule has 7 heteroatoms. The molecule has 0 fully saturated rings. The molecule has 0 saturated carbocycles. The summed E-state index contributed by atoms with van der Waals surface area (Å²) in [6.07, 6.45) is -0.318. The van der Waals surface area contributed by atoms with E-state index < -0.39 is 36.3 Å². The Morgan fingerprint density at radius 2 is 1.47 bits per heavy atom. The first kappa shape index (κ1) is 17.4. The van der Waals surface area contributed by atoms with Gasteiger partial charge in [-0.2, -0.15) is 0 Å². The number of rotatable bonds is 9. The summed E-state index contributed by atoms with van der Waals surface area (Å²) in [6, 6.07) is 0. The highest BCUT2D eigenvalue weighted by Gasteiger charge is 2.41. The molecule has 1 atom stereocenters. The number of nitrogens with zero attached hydrogens (tertiary/aromatic N) is 1. The zero-order valence-corrected chi connectivity index (χ0v) is 11.3. The van der Waals surface area contributed by atoms with Crippen LogP contribution in [0.1, 0.15) is 39.5 Å². The van der Waals surface area contributed by atoms with Crippen molar-refractivity contribution >= 4 is 17.8 Å². The fourth-order valence-corrected chi connectivity index (χ4v) is 1.73. The maximum Gasteiger partial charge on any atom is 0.336 e. The van der Waals surface area contributed by atoms with Crippen molar-refractivity contribution in [1.82, 2.24) is 4.90 Å². The molecule has 1 amide bonds. The minimum Gasteiger partial charge on any atom is -0.481 e. The lowest BCUT2D eigenvalue weighted by atomic mass is 9.95. The van der Waals surface area contributed by atoms with Gasteiger partial charge >= 0.3 is 11.9 Å². The van der Waals surface area contributed by atoms with Crippen LogP contribution in [-0.4, -0.2) is 56.8 Å². The van der Waals surface area contributed by atoms with Crippen molar-refractivity contribution in [1.29, 1.82) is 0 Å². The van der Waals surface area contributed by atoms with Gasteiger partial charge in [-0.25, -0.2) is 4.79 Å². The quantitative estimate of drug-likeness (QED) is 0.558. The highest BCUT2D eigenvalue weighted by atomic mass is 16.4. The molecule has 110 valence electrons. The van der Waals surface area contributed by atoms with E-state index in [9.17, 15) is 19.5 Å². The van der Waals surface area contributed by atoms with E-state index in [-0.39, 0.29) is 0 Å². The average molecular weight is 275 g/mol. The van der Waals surface area contributed by atoms with E-state index in [1.807, 2.05) is 13.8 Å². The first-order valence-electron chi connectivity index (χ1n) is 6.22. The molecule has 0 aliphatic rings. The van der Waals surface area contributed by atoms with Gasteiger partial charge in [-0.1, -0.05) is 13.8 Å². The van der Waals surface area contributed by atoms with Gasteiger partial charge in [-0.05, 0) is 12.8 Å². The van der Waals surface area contributed by atoms with Crippen LogP contribution in [0, 0.1) is 0 Å². The van der Waals surface area contributed by atoms with Crippen molar-refractivity contribution in [3.63, 3.8) is 0 Å². The Bertz CT molecular complexity index is 337. The van der Waals surface area contributed by atoms with Crippen molar-refractivity contribution in [3.05, 3.63) is 0 Å². The topological polar surface area (TPSA) is 115 Å². The Labute approximate surface area is 111 Å². The maximum atomic E-state index is 11.9. The lowest BCUT2D eigenvalue weighted by Gasteiger charge is -2.26. The molecule has 19 heavy (non-hydrogen) atoms. The summed E-state index contributed by atoms with van der Waals surface area (Å²) in [4.78, 5) is 34.9. The third-order valence-corrected chi connectivity index (χ3v) is 2.63. The zero-order valence-electron chi connectivity index (χ0n) is 11.3. The van der Waals surface area contributed by atoms with Crippen LogP contribution in [0.25, 0.3) is 0 Å². The molecule has 0 aromatic carbocycles. The largest absolute Gasteiger partial charge is 0.481 e. The number of carbonyl (C=O) groups is 3. The predicted molar refractivity (Wildman–Crippen MR) is 66.6 cm³/mol. The molecule has 0 heterocycles. The molecule has 0 rings (SSSR count). The van der Waals surface area contributed by atoms with Gasteiger partial charge in [0.15, 0.2) is 5.60 Å². The van der Waals surface area contributed by atoms with E-state index in [2.05, 4.69) is 0 Å². The minimum absolute atomic E-state index is 0.454. The first-order chi connectivity index (χ1) is 8.76. The SMILES string of the molecule is CCCN(CCC)C(=O)CC(O)(CC(=O)O)C(=O)O. The lowest BCUT2D eigenvalue weighted by molar-refractivity contribution is -0.169. The van der Waals surface area contributed by atoms with Crippen molar-refractivity contribution in [2.45, 2.75) is 45.1 Å². The fourth-order valence-electron chi connectivity index (χ4n) is 1.73. The summed E-state index contributed by atoms with van der Waals surface area (Å²) < 4.78 is 0. The normalized spacial score (nSPS) is 13.6. The summed E-state index contributed by atoms with van der Waals surface area (Å²) in [5.41, 5.74) is -2.55. The van der Waals surface area contributed by atoms with Crippen LogP contribution in [-0.2, 0) is 14.4 Å². The molecular weight excluding hydrogens is 254 g/mol. The Hall–Kier alpha value is -1.63. The Balaban J connectivity index is 4.87. The standard InChI is InChI=1S/C12H21NO6/c1-3-5-13(6-4-2)9(14)7-12(19,11(17)18)8-10(15)16/h19H,3-8H2,1-2H3,(H,15,16)(H,17,18). The van der Waals surface area contributed by atoms with Crippen LogP contribution in [0.2, 0.25) is 0 Å². The van der Waals surface area contributed by atoms with Gasteiger partial charge in [0, 0.05) is 13.1 Å². The summed E-state index contributed by atoms with van der Waals surface area (Å²) in [6.45, 7) is 4.65. The van der Waals surface area contributed by atoms with E-state index in [1.165, 1.54) is 4.90 Å². The fraction of sp³-hybridized carbons (Fsp3) is 0.750. The van der Waals surface area contributed by atoms with Crippen molar-refractivity contribution in [3.8, 4) is 0 Å². The molecule has 7 nitrogen and oxygen atoms in total. The zero-order chi connectivity index (χ0) is 15.1. The molecule has 0 aliphatic carbocycles. The van der Waals surface area contributed by atoms with Crippen LogP contribution < -0.4 is 0 Å². The first-order valence-corrected chi connectivity index (χ1v) is 6.22. The summed E-state index contributed by atoms with van der Waals surface area (Å²) in [5.74, 6) is -3.71. The highest BCUT2D eigenvalue weighted by Crippen LogP contribution is 2.18. The average Bonchev–Trinajstić information content (AvgIpc) is 2.27. The smallest absolute Gasteiger partial charge is 0.336 e. The summed E-state index contributed by atoms with van der Waals surface area (Å²) in [5, 5.41) is 27.3. The van der Waals surface area contributed by atoms with E-state index in [1.54, 1.807) is 0 Å². The molecule has 0 aromatic rings. The number of hydrogen-bond donors (Lipinski definition) is 3. The molecule has 0 saturated heterocycles. The van der Waals surface area contributed by atoms with Gasteiger partial charge in [-0.3, -0.25) is 9.59 Å². The second-order valence-electron chi connectivity index (χ2n) is 4.46. The van der Waals surface area contributed by atoms with Crippen molar-refractivity contribution < 1.29 is 29.7 Å². The molecule has 0 bridgehead atoms. The summed E-state index contributed by atoms with van der Waals surface area (Å²) >= 11 is 0. The van der Waals surface area contributed by atoms with Gasteiger partial charge in [0.2, 0.25) is 5.91 Å². The lowest BCUT2D eigenvalue weighted by Crippen LogP contribution is -2.46. The molecule has 3 N–H and O–H groups in total. The maximum absolute atomic E-state index is 11.9. The highest BCUT2D eigenvalue weighted by molar-refractivity contribution is 5.90. The molecule has 0 aliphatic heterocycles. The van der Waals surface area contributed by atoms with E-state index in [0.29, 0.717) is 25.9 Å². The van der Waals surface area contributed by atoms with Crippen LogP contribution >= 0.6 is 0 Å². The molecular formula is C12H21NO6. The van der Waals surface area contributed by atoms with Crippen molar-refractivity contribution in [2.75, 3.05) is 13.1 Å². The number of carbonyl (C=O) groups excluding carboxylic acids is 1. The number of amides is 1. The number of carboxylic acid groups (broad SMARTS) is 2. The number of hydrogen-bond acceptors (Lipinski definition) is 4.